The van der Waals surface area contributed by atoms with Crippen molar-refractivity contribution in [1.29, 1.82) is 0 Å². The number of carbonyl (C=O) groups is 2. The standard InChI is InChI=1S/C28H29N3O6S2/c1-28(2,3)37-27(34)29-16-15-21-18-31(17-20-11-8-10-19-9-4-5-12-22(19)20)26(38-21)30-39(35,36)24-14-7-6-13-23(24)25(32)33/h4-14,18H,15-17H2,1-3H3,(H,29,34)(H,32,33). The molecule has 4 aromatic rings. The van der Waals surface area contributed by atoms with Gasteiger partial charge in [-0.15, -0.1) is 15.7 Å². The fourth-order valence-electron chi connectivity index (χ4n) is 3.97. The number of benzene rings is 3. The van der Waals surface area contributed by atoms with Crippen LogP contribution in [0.4, 0.5) is 4.79 Å². The average Bonchev–Trinajstić information content (AvgIpc) is 3.23. The lowest BCUT2D eigenvalue weighted by atomic mass is 10.0. The topological polar surface area (TPSA) is 127 Å². The molecule has 1 amide bonds. The van der Waals surface area contributed by atoms with Gasteiger partial charge < -0.3 is 19.7 Å². The Morgan fingerprint density at radius 2 is 1.72 bits per heavy atom. The summed E-state index contributed by atoms with van der Waals surface area (Å²) in [7, 11) is -4.34. The monoisotopic (exact) mass is 567 g/mol. The van der Waals surface area contributed by atoms with Crippen LogP contribution >= 0.6 is 11.3 Å². The number of aromatic nitrogens is 1. The van der Waals surface area contributed by atoms with Gasteiger partial charge in [0.2, 0.25) is 4.80 Å². The summed E-state index contributed by atoms with van der Waals surface area (Å²) in [5.74, 6) is -1.35. The molecule has 0 fully saturated rings. The summed E-state index contributed by atoms with van der Waals surface area (Å²) < 4.78 is 37.6. The fourth-order valence-corrected chi connectivity index (χ4v) is 6.36. The van der Waals surface area contributed by atoms with E-state index in [-0.39, 0.29) is 21.8 Å². The maximum atomic E-state index is 13.3. The number of fused-ring (bicyclic) bond motifs is 1. The first-order valence-electron chi connectivity index (χ1n) is 12.2. The zero-order chi connectivity index (χ0) is 28.2. The van der Waals surface area contributed by atoms with Crippen molar-refractivity contribution in [2.75, 3.05) is 6.54 Å². The number of carboxylic acid groups (broad SMARTS) is 1. The smallest absolute Gasteiger partial charge is 0.407 e. The van der Waals surface area contributed by atoms with Gasteiger partial charge >= 0.3 is 12.1 Å². The second-order valence-electron chi connectivity index (χ2n) is 9.79. The average molecular weight is 568 g/mol. The van der Waals surface area contributed by atoms with E-state index in [0.717, 1.165) is 32.5 Å². The number of sulfonamides is 1. The highest BCUT2D eigenvalue weighted by molar-refractivity contribution is 7.90. The maximum Gasteiger partial charge on any atom is 0.407 e. The molecule has 0 aliphatic carbocycles. The molecule has 0 saturated carbocycles. The van der Waals surface area contributed by atoms with Gasteiger partial charge in [-0.2, -0.15) is 8.42 Å². The Morgan fingerprint density at radius 3 is 2.46 bits per heavy atom. The van der Waals surface area contributed by atoms with Gasteiger partial charge in [-0.05, 0) is 49.2 Å². The Balaban J connectivity index is 1.72. The number of rotatable bonds is 8. The van der Waals surface area contributed by atoms with Gasteiger partial charge in [0.25, 0.3) is 10.0 Å². The predicted octanol–water partition coefficient (Wildman–Crippen LogP) is 4.81. The SMILES string of the molecule is CC(C)(C)OC(=O)NCCc1cn(Cc2cccc3ccccc23)c(=NS(=O)(=O)c2ccccc2C(=O)O)s1. The van der Waals surface area contributed by atoms with E-state index >= 15 is 0 Å². The maximum absolute atomic E-state index is 13.3. The molecular weight excluding hydrogens is 538 g/mol. The lowest BCUT2D eigenvalue weighted by molar-refractivity contribution is 0.0528. The van der Waals surface area contributed by atoms with Crippen molar-refractivity contribution in [3.63, 3.8) is 0 Å². The van der Waals surface area contributed by atoms with Crippen molar-refractivity contribution >= 4 is 44.2 Å². The second kappa shape index (κ2) is 11.4. The first-order valence-corrected chi connectivity index (χ1v) is 14.4. The van der Waals surface area contributed by atoms with E-state index < -0.39 is 27.7 Å². The Labute approximate surface area is 230 Å². The highest BCUT2D eigenvalue weighted by atomic mass is 32.2. The van der Waals surface area contributed by atoms with Crippen LogP contribution in [0, 0.1) is 0 Å². The van der Waals surface area contributed by atoms with Gasteiger partial charge in [0.1, 0.15) is 10.5 Å². The molecule has 4 rings (SSSR count). The Morgan fingerprint density at radius 1 is 1.03 bits per heavy atom. The summed E-state index contributed by atoms with van der Waals surface area (Å²) >= 11 is 1.16. The lowest BCUT2D eigenvalue weighted by Crippen LogP contribution is -2.33. The predicted molar refractivity (Wildman–Crippen MR) is 149 cm³/mol. The molecule has 2 N–H and O–H groups in total. The number of amides is 1. The van der Waals surface area contributed by atoms with Crippen LogP contribution in [0.2, 0.25) is 0 Å². The van der Waals surface area contributed by atoms with Crippen LogP contribution in [0.5, 0.6) is 0 Å². The minimum atomic E-state index is -4.34. The van der Waals surface area contributed by atoms with Gasteiger partial charge in [-0.3, -0.25) is 0 Å². The zero-order valence-corrected chi connectivity index (χ0v) is 23.4. The minimum absolute atomic E-state index is 0.190. The van der Waals surface area contributed by atoms with Gasteiger partial charge in [0.05, 0.1) is 12.1 Å². The van der Waals surface area contributed by atoms with E-state index in [0.29, 0.717) is 13.0 Å². The Hall–Kier alpha value is -3.96. The summed E-state index contributed by atoms with van der Waals surface area (Å²) in [6.45, 7) is 5.94. The van der Waals surface area contributed by atoms with Crippen molar-refractivity contribution in [2.45, 2.75) is 44.2 Å². The van der Waals surface area contributed by atoms with Crippen molar-refractivity contribution in [2.24, 2.45) is 4.40 Å². The Bertz CT molecular complexity index is 1690. The molecule has 11 heteroatoms. The normalized spacial score (nSPS) is 12.4. The molecule has 1 heterocycles. The van der Waals surface area contributed by atoms with E-state index in [2.05, 4.69) is 9.71 Å². The number of ether oxygens (including phenoxy) is 1. The zero-order valence-electron chi connectivity index (χ0n) is 21.7. The van der Waals surface area contributed by atoms with Crippen molar-refractivity contribution < 1.29 is 27.9 Å². The van der Waals surface area contributed by atoms with Gasteiger partial charge in [0, 0.05) is 24.0 Å². The molecule has 204 valence electrons. The summed E-state index contributed by atoms with van der Waals surface area (Å²) in [5, 5.41) is 14.3. The van der Waals surface area contributed by atoms with E-state index in [1.54, 1.807) is 31.5 Å². The molecule has 0 aliphatic heterocycles. The third kappa shape index (κ3) is 7.12. The number of nitrogens with one attached hydrogen (secondary N) is 1. The molecule has 3 aromatic carbocycles. The molecule has 0 spiro atoms. The lowest BCUT2D eigenvalue weighted by Gasteiger charge is -2.19. The molecule has 0 saturated heterocycles. The van der Waals surface area contributed by atoms with Crippen LogP contribution in [0.25, 0.3) is 10.8 Å². The first kappa shape index (κ1) is 28.1. The largest absolute Gasteiger partial charge is 0.478 e. The number of carbonyl (C=O) groups excluding carboxylic acids is 1. The van der Waals surface area contributed by atoms with Gasteiger partial charge in [-0.25, -0.2) is 9.59 Å². The quantitative estimate of drug-likeness (QED) is 0.315. The van der Waals surface area contributed by atoms with E-state index in [1.165, 1.54) is 24.3 Å². The molecule has 39 heavy (non-hydrogen) atoms. The number of hydrogen-bond donors (Lipinski definition) is 2. The van der Waals surface area contributed by atoms with Crippen LogP contribution in [0.3, 0.4) is 0 Å². The number of aromatic carboxylic acids is 1. The third-order valence-electron chi connectivity index (χ3n) is 5.62. The highest BCUT2D eigenvalue weighted by Crippen LogP contribution is 2.21. The number of alkyl carbamates (subject to hydrolysis) is 1. The van der Waals surface area contributed by atoms with Crippen LogP contribution in [-0.4, -0.2) is 42.3 Å². The minimum Gasteiger partial charge on any atom is -0.478 e. The summed E-state index contributed by atoms with van der Waals surface area (Å²) in [6, 6.07) is 19.2. The van der Waals surface area contributed by atoms with Gasteiger partial charge in [0.15, 0.2) is 0 Å². The summed E-state index contributed by atoms with van der Waals surface area (Å²) in [6.07, 6.45) is 1.68. The summed E-state index contributed by atoms with van der Waals surface area (Å²) in [4.78, 5) is 24.3. The van der Waals surface area contributed by atoms with Crippen molar-refractivity contribution in [3.8, 4) is 0 Å². The van der Waals surface area contributed by atoms with Crippen LogP contribution in [-0.2, 0) is 27.7 Å². The Kier molecular flexibility index (Phi) is 8.22. The van der Waals surface area contributed by atoms with Crippen LogP contribution in [0.15, 0.2) is 82.2 Å². The molecule has 1 aromatic heterocycles. The molecule has 0 bridgehead atoms. The van der Waals surface area contributed by atoms with E-state index in [1.807, 2.05) is 42.5 Å². The first-order chi connectivity index (χ1) is 18.4. The molecule has 0 atom stereocenters. The van der Waals surface area contributed by atoms with Crippen molar-refractivity contribution in [1.82, 2.24) is 9.88 Å². The molecule has 0 radical (unpaired) electrons. The molecule has 0 unspecified atom stereocenters. The van der Waals surface area contributed by atoms with Crippen molar-refractivity contribution in [3.05, 3.63) is 93.7 Å². The van der Waals surface area contributed by atoms with Gasteiger partial charge in [-0.1, -0.05) is 54.6 Å². The fraction of sp³-hybridized carbons (Fsp3) is 0.250. The highest BCUT2D eigenvalue weighted by Gasteiger charge is 2.22. The molecule has 9 nitrogen and oxygen atoms in total. The second-order valence-corrected chi connectivity index (χ2v) is 12.5. The number of thiazole rings is 1. The van der Waals surface area contributed by atoms with Crippen LogP contribution < -0.4 is 10.1 Å². The molecular formula is C28H29N3O6S2. The number of nitrogens with zero attached hydrogens (tertiary/aromatic N) is 2. The van der Waals surface area contributed by atoms with E-state index in [4.69, 9.17) is 4.74 Å². The van der Waals surface area contributed by atoms with Crippen LogP contribution in [0.1, 0.15) is 41.6 Å². The molecule has 0 aliphatic rings. The number of carboxylic acids is 1. The number of hydrogen-bond acceptors (Lipinski definition) is 6. The summed E-state index contributed by atoms with van der Waals surface area (Å²) in [5.41, 5.74) is -0.00413. The third-order valence-corrected chi connectivity index (χ3v) is 8.14. The van der Waals surface area contributed by atoms with E-state index in [9.17, 15) is 23.1 Å².